The Labute approximate surface area is 99.2 Å². The first-order chi connectivity index (χ1) is 7.65. The topological polar surface area (TPSA) is 58.6 Å². The highest BCUT2D eigenvalue weighted by Gasteiger charge is 2.06. The Morgan fingerprint density at radius 3 is 2.94 bits per heavy atom. The van der Waals surface area contributed by atoms with E-state index in [1.54, 1.807) is 13.2 Å². The Bertz CT molecular complexity index is 368. The molecule has 0 saturated carbocycles. The molecule has 0 aliphatic carbocycles. The maximum atomic E-state index is 10.3. The van der Waals surface area contributed by atoms with Crippen LogP contribution in [0, 0.1) is 0 Å². The van der Waals surface area contributed by atoms with Gasteiger partial charge < -0.3 is 15.2 Å². The summed E-state index contributed by atoms with van der Waals surface area (Å²) in [6.07, 6.45) is 0.0900. The van der Waals surface area contributed by atoms with Crippen LogP contribution in [0.25, 0.3) is 0 Å². The summed E-state index contributed by atoms with van der Waals surface area (Å²) in [5.41, 5.74) is 0.844. The van der Waals surface area contributed by atoms with E-state index in [0.29, 0.717) is 23.9 Å². The molecule has 1 rings (SSSR count). The summed E-state index contributed by atoms with van der Waals surface area (Å²) in [4.78, 5) is 10.3. The van der Waals surface area contributed by atoms with Gasteiger partial charge in [0, 0.05) is 23.7 Å². The normalized spacial score (nSPS) is 10.1. The standard InChI is InChI=1S/C11H14ClNO3/c1-16-10-4-2-3-9(12)8(10)7-13-6-5-11(14)15/h2-4,13H,5-7H2,1H3,(H,14,15). The molecule has 0 amide bonds. The molecule has 0 spiro atoms. The van der Waals surface area contributed by atoms with Crippen molar-refractivity contribution in [1.29, 1.82) is 0 Å². The quantitative estimate of drug-likeness (QED) is 0.750. The summed E-state index contributed by atoms with van der Waals surface area (Å²) in [7, 11) is 1.58. The molecule has 0 saturated heterocycles. The van der Waals surface area contributed by atoms with Crippen LogP contribution >= 0.6 is 11.6 Å². The lowest BCUT2D eigenvalue weighted by atomic mass is 10.2. The van der Waals surface area contributed by atoms with Crippen molar-refractivity contribution < 1.29 is 14.6 Å². The number of ether oxygens (including phenoxy) is 1. The number of hydrogen-bond acceptors (Lipinski definition) is 3. The number of hydrogen-bond donors (Lipinski definition) is 2. The van der Waals surface area contributed by atoms with E-state index in [4.69, 9.17) is 21.4 Å². The maximum absolute atomic E-state index is 10.3. The lowest BCUT2D eigenvalue weighted by Gasteiger charge is -2.10. The van der Waals surface area contributed by atoms with Gasteiger partial charge in [-0.15, -0.1) is 0 Å². The fourth-order valence-corrected chi connectivity index (χ4v) is 1.54. The number of benzene rings is 1. The van der Waals surface area contributed by atoms with Crippen LogP contribution in [0.4, 0.5) is 0 Å². The fourth-order valence-electron chi connectivity index (χ4n) is 1.31. The van der Waals surface area contributed by atoms with Crippen LogP contribution in [0.3, 0.4) is 0 Å². The van der Waals surface area contributed by atoms with E-state index in [2.05, 4.69) is 5.32 Å². The molecule has 2 N–H and O–H groups in total. The Kier molecular flexibility index (Phi) is 5.08. The molecule has 0 aromatic heterocycles. The molecule has 1 aromatic rings. The van der Waals surface area contributed by atoms with E-state index in [9.17, 15) is 4.79 Å². The first-order valence-electron chi connectivity index (χ1n) is 4.89. The first-order valence-corrected chi connectivity index (χ1v) is 5.27. The highest BCUT2D eigenvalue weighted by molar-refractivity contribution is 6.31. The third kappa shape index (κ3) is 3.72. The van der Waals surface area contributed by atoms with E-state index in [0.717, 1.165) is 5.56 Å². The average Bonchev–Trinajstić information content (AvgIpc) is 2.25. The molecule has 5 heteroatoms. The van der Waals surface area contributed by atoms with Gasteiger partial charge in [-0.2, -0.15) is 0 Å². The van der Waals surface area contributed by atoms with Crippen molar-refractivity contribution in [3.05, 3.63) is 28.8 Å². The van der Waals surface area contributed by atoms with Gasteiger partial charge in [-0.05, 0) is 12.1 Å². The van der Waals surface area contributed by atoms with E-state index in [-0.39, 0.29) is 6.42 Å². The van der Waals surface area contributed by atoms with Gasteiger partial charge in [0.15, 0.2) is 0 Å². The molecule has 0 bridgehead atoms. The van der Waals surface area contributed by atoms with Gasteiger partial charge in [0.1, 0.15) is 5.75 Å². The lowest BCUT2D eigenvalue weighted by Crippen LogP contribution is -2.18. The van der Waals surface area contributed by atoms with E-state index in [1.165, 1.54) is 0 Å². The van der Waals surface area contributed by atoms with Crippen LogP contribution in [-0.4, -0.2) is 24.7 Å². The SMILES string of the molecule is COc1cccc(Cl)c1CNCCC(=O)O. The Balaban J connectivity index is 2.55. The van der Waals surface area contributed by atoms with Crippen molar-refractivity contribution >= 4 is 17.6 Å². The highest BCUT2D eigenvalue weighted by atomic mass is 35.5. The second-order valence-electron chi connectivity index (χ2n) is 3.24. The van der Waals surface area contributed by atoms with Gasteiger partial charge in [-0.25, -0.2) is 0 Å². The van der Waals surface area contributed by atoms with Crippen LogP contribution < -0.4 is 10.1 Å². The zero-order valence-corrected chi connectivity index (χ0v) is 9.75. The molecule has 0 atom stereocenters. The number of carboxylic acid groups (broad SMARTS) is 1. The second-order valence-corrected chi connectivity index (χ2v) is 3.65. The molecule has 0 aliphatic heterocycles. The molecule has 0 unspecified atom stereocenters. The summed E-state index contributed by atoms with van der Waals surface area (Å²) >= 11 is 6.01. The largest absolute Gasteiger partial charge is 0.496 e. The molecule has 0 fully saturated rings. The minimum absolute atomic E-state index is 0.0900. The molecule has 0 aliphatic rings. The van der Waals surface area contributed by atoms with Crippen LogP contribution in [0.1, 0.15) is 12.0 Å². The molecular formula is C11H14ClNO3. The molecule has 88 valence electrons. The second kappa shape index (κ2) is 6.35. The molecule has 4 nitrogen and oxygen atoms in total. The molecular weight excluding hydrogens is 230 g/mol. The number of halogens is 1. The molecule has 1 aromatic carbocycles. The summed E-state index contributed by atoms with van der Waals surface area (Å²) in [5, 5.41) is 12.1. The Morgan fingerprint density at radius 1 is 1.56 bits per heavy atom. The van der Waals surface area contributed by atoms with Crippen molar-refractivity contribution in [3.63, 3.8) is 0 Å². The van der Waals surface area contributed by atoms with E-state index < -0.39 is 5.97 Å². The zero-order chi connectivity index (χ0) is 12.0. The van der Waals surface area contributed by atoms with Crippen molar-refractivity contribution in [1.82, 2.24) is 5.32 Å². The van der Waals surface area contributed by atoms with Crippen LogP contribution in [0.15, 0.2) is 18.2 Å². The van der Waals surface area contributed by atoms with Gasteiger partial charge in [0.2, 0.25) is 0 Å². The summed E-state index contributed by atoms with van der Waals surface area (Å²) < 4.78 is 5.16. The first kappa shape index (κ1) is 12.8. The Hall–Kier alpha value is -1.26. The van der Waals surface area contributed by atoms with Crippen LogP contribution in [0.5, 0.6) is 5.75 Å². The summed E-state index contributed by atoms with van der Waals surface area (Å²) in [5.74, 6) is -0.117. The lowest BCUT2D eigenvalue weighted by molar-refractivity contribution is -0.136. The minimum Gasteiger partial charge on any atom is -0.496 e. The third-order valence-electron chi connectivity index (χ3n) is 2.11. The maximum Gasteiger partial charge on any atom is 0.304 e. The van der Waals surface area contributed by atoms with Gasteiger partial charge in [-0.3, -0.25) is 4.79 Å². The number of rotatable bonds is 6. The van der Waals surface area contributed by atoms with Gasteiger partial charge in [0.25, 0.3) is 0 Å². The van der Waals surface area contributed by atoms with Crippen molar-refractivity contribution in [3.8, 4) is 5.75 Å². The van der Waals surface area contributed by atoms with Gasteiger partial charge in [-0.1, -0.05) is 17.7 Å². The molecule has 0 heterocycles. The number of aliphatic carboxylic acids is 1. The van der Waals surface area contributed by atoms with Crippen LogP contribution in [0.2, 0.25) is 5.02 Å². The van der Waals surface area contributed by atoms with Crippen molar-refractivity contribution in [2.75, 3.05) is 13.7 Å². The third-order valence-corrected chi connectivity index (χ3v) is 2.47. The highest BCUT2D eigenvalue weighted by Crippen LogP contribution is 2.25. The molecule has 16 heavy (non-hydrogen) atoms. The van der Waals surface area contributed by atoms with Gasteiger partial charge >= 0.3 is 5.97 Å². The van der Waals surface area contributed by atoms with E-state index >= 15 is 0 Å². The Morgan fingerprint density at radius 2 is 2.31 bits per heavy atom. The van der Waals surface area contributed by atoms with Crippen molar-refractivity contribution in [2.24, 2.45) is 0 Å². The number of methoxy groups -OCH3 is 1. The van der Waals surface area contributed by atoms with E-state index in [1.807, 2.05) is 12.1 Å². The fraction of sp³-hybridized carbons (Fsp3) is 0.364. The van der Waals surface area contributed by atoms with Gasteiger partial charge in [0.05, 0.1) is 13.5 Å². The predicted octanol–water partition coefficient (Wildman–Crippen LogP) is 1.91. The zero-order valence-electron chi connectivity index (χ0n) is 9.00. The number of carbonyl (C=O) groups is 1. The smallest absolute Gasteiger partial charge is 0.304 e. The number of carboxylic acids is 1. The average molecular weight is 244 g/mol. The van der Waals surface area contributed by atoms with Crippen molar-refractivity contribution in [2.45, 2.75) is 13.0 Å². The van der Waals surface area contributed by atoms with Crippen LogP contribution in [-0.2, 0) is 11.3 Å². The predicted molar refractivity (Wildman–Crippen MR) is 62.0 cm³/mol. The minimum atomic E-state index is -0.821. The monoisotopic (exact) mass is 243 g/mol. The molecule has 0 radical (unpaired) electrons. The number of nitrogens with one attached hydrogen (secondary N) is 1. The summed E-state index contributed by atoms with van der Waals surface area (Å²) in [6.45, 7) is 0.903. The summed E-state index contributed by atoms with van der Waals surface area (Å²) in [6, 6.07) is 5.40.